The fourth-order valence-corrected chi connectivity index (χ4v) is 2.95. The summed E-state index contributed by atoms with van der Waals surface area (Å²) in [5, 5.41) is 12.7. The number of nitrogens with one attached hydrogen (secondary N) is 2. The first kappa shape index (κ1) is 16.7. The van der Waals surface area contributed by atoms with Gasteiger partial charge in [0.15, 0.2) is 0 Å². The number of hydrazone groups is 1. The zero-order valence-electron chi connectivity index (χ0n) is 13.6. The van der Waals surface area contributed by atoms with Crippen molar-refractivity contribution in [3.8, 4) is 22.1 Å². The van der Waals surface area contributed by atoms with Crippen LogP contribution < -0.4 is 14.9 Å². The Morgan fingerprint density at radius 2 is 2.20 bits per heavy atom. The molecule has 0 aliphatic carbocycles. The molecule has 128 valence electrons. The van der Waals surface area contributed by atoms with Gasteiger partial charge < -0.3 is 9.47 Å². The summed E-state index contributed by atoms with van der Waals surface area (Å²) in [6, 6.07) is 9.16. The number of carbonyl (C=O) groups is 1. The molecule has 1 amide bonds. The topological polar surface area (TPSA) is 88.6 Å². The van der Waals surface area contributed by atoms with Gasteiger partial charge in [0.25, 0.3) is 5.91 Å². The highest BCUT2D eigenvalue weighted by atomic mass is 32.1. The van der Waals surface area contributed by atoms with E-state index in [1.54, 1.807) is 32.4 Å². The Morgan fingerprint density at radius 1 is 1.32 bits per heavy atom. The Labute approximate surface area is 148 Å². The van der Waals surface area contributed by atoms with Crippen LogP contribution in [0.5, 0.6) is 11.5 Å². The van der Waals surface area contributed by atoms with Crippen molar-refractivity contribution in [1.29, 1.82) is 0 Å². The molecule has 0 fully saturated rings. The first-order valence-corrected chi connectivity index (χ1v) is 8.23. The van der Waals surface area contributed by atoms with Crippen LogP contribution in [0.4, 0.5) is 0 Å². The lowest BCUT2D eigenvalue weighted by Crippen LogP contribution is -2.17. The molecule has 3 rings (SSSR count). The van der Waals surface area contributed by atoms with Crippen LogP contribution in [0.25, 0.3) is 10.6 Å². The second-order valence-electron chi connectivity index (χ2n) is 4.94. The molecule has 7 nitrogen and oxygen atoms in total. The number of carbonyl (C=O) groups excluding carboxylic acids is 1. The van der Waals surface area contributed by atoms with E-state index in [0.29, 0.717) is 28.3 Å². The number of benzene rings is 1. The number of aromatic amines is 1. The summed E-state index contributed by atoms with van der Waals surface area (Å²) in [6.45, 7) is 0. The van der Waals surface area contributed by atoms with Crippen LogP contribution in [-0.4, -0.2) is 36.5 Å². The van der Waals surface area contributed by atoms with Gasteiger partial charge in [-0.2, -0.15) is 10.2 Å². The molecule has 8 heteroatoms. The first-order chi connectivity index (χ1) is 12.2. The number of amides is 1. The standard InChI is InChI=1S/C17H16N4O3S/c1-23-12-6-5-11(14(8-12)24-2)9-18-21-17(22)13-10-19-20-16(13)15-4-3-7-25-15/h3-10H,1-2H3,(H,19,20)(H,21,22). The Kier molecular flexibility index (Phi) is 5.10. The van der Waals surface area contributed by atoms with E-state index in [1.165, 1.54) is 23.7 Å². The SMILES string of the molecule is COc1ccc(C=NNC(=O)c2cn[nH]c2-c2cccs2)c(OC)c1. The van der Waals surface area contributed by atoms with Crippen LogP contribution in [0, 0.1) is 0 Å². The third-order valence-electron chi connectivity index (χ3n) is 3.46. The van der Waals surface area contributed by atoms with Crippen molar-refractivity contribution >= 4 is 23.5 Å². The second-order valence-corrected chi connectivity index (χ2v) is 5.89. The predicted molar refractivity (Wildman–Crippen MR) is 96.5 cm³/mol. The highest BCUT2D eigenvalue weighted by Crippen LogP contribution is 2.26. The summed E-state index contributed by atoms with van der Waals surface area (Å²) in [5.74, 6) is 0.929. The monoisotopic (exact) mass is 356 g/mol. The average molecular weight is 356 g/mol. The lowest BCUT2D eigenvalue weighted by atomic mass is 10.2. The summed E-state index contributed by atoms with van der Waals surface area (Å²) in [6.07, 6.45) is 2.99. The van der Waals surface area contributed by atoms with Gasteiger partial charge in [0.2, 0.25) is 0 Å². The maximum Gasteiger partial charge on any atom is 0.275 e. The van der Waals surface area contributed by atoms with Crippen LogP contribution in [0.1, 0.15) is 15.9 Å². The van der Waals surface area contributed by atoms with E-state index < -0.39 is 0 Å². The molecular formula is C17H16N4O3S. The number of aromatic nitrogens is 2. The molecule has 3 aromatic rings. The van der Waals surface area contributed by atoms with Crippen molar-refractivity contribution in [1.82, 2.24) is 15.6 Å². The largest absolute Gasteiger partial charge is 0.497 e. The third kappa shape index (κ3) is 3.69. The van der Waals surface area contributed by atoms with Crippen molar-refractivity contribution in [2.24, 2.45) is 5.10 Å². The molecule has 0 saturated heterocycles. The van der Waals surface area contributed by atoms with E-state index in [1.807, 2.05) is 17.5 Å². The van der Waals surface area contributed by atoms with E-state index in [2.05, 4.69) is 20.7 Å². The van der Waals surface area contributed by atoms with E-state index in [9.17, 15) is 4.79 Å². The number of rotatable bonds is 6. The molecule has 0 aliphatic heterocycles. The minimum atomic E-state index is -0.346. The molecule has 0 atom stereocenters. The number of methoxy groups -OCH3 is 2. The molecule has 0 bridgehead atoms. The molecule has 0 saturated carbocycles. The average Bonchev–Trinajstić information content (AvgIpc) is 3.32. The van der Waals surface area contributed by atoms with Crippen LogP contribution in [-0.2, 0) is 0 Å². The zero-order valence-corrected chi connectivity index (χ0v) is 14.5. The van der Waals surface area contributed by atoms with Crippen LogP contribution in [0.15, 0.2) is 47.0 Å². The Morgan fingerprint density at radius 3 is 2.92 bits per heavy atom. The molecule has 2 N–H and O–H groups in total. The van der Waals surface area contributed by atoms with Gasteiger partial charge in [-0.25, -0.2) is 5.43 Å². The third-order valence-corrected chi connectivity index (χ3v) is 4.35. The zero-order chi connectivity index (χ0) is 17.6. The summed E-state index contributed by atoms with van der Waals surface area (Å²) in [7, 11) is 3.14. The highest BCUT2D eigenvalue weighted by molar-refractivity contribution is 7.13. The molecule has 0 aliphatic rings. The van der Waals surface area contributed by atoms with E-state index in [-0.39, 0.29) is 5.91 Å². The van der Waals surface area contributed by atoms with Crippen molar-refractivity contribution < 1.29 is 14.3 Å². The van der Waals surface area contributed by atoms with Gasteiger partial charge in [-0.1, -0.05) is 6.07 Å². The van der Waals surface area contributed by atoms with Gasteiger partial charge >= 0.3 is 0 Å². The molecule has 0 spiro atoms. The van der Waals surface area contributed by atoms with Crippen molar-refractivity contribution in [2.45, 2.75) is 0 Å². The predicted octanol–water partition coefficient (Wildman–Crippen LogP) is 2.92. The van der Waals surface area contributed by atoms with Gasteiger partial charge in [-0.3, -0.25) is 9.89 Å². The number of nitrogens with zero attached hydrogens (tertiary/aromatic N) is 2. The minimum absolute atomic E-state index is 0.346. The van der Waals surface area contributed by atoms with Gasteiger partial charge in [-0.05, 0) is 23.6 Å². The molecule has 0 radical (unpaired) electrons. The highest BCUT2D eigenvalue weighted by Gasteiger charge is 2.15. The van der Waals surface area contributed by atoms with Crippen LogP contribution in [0.3, 0.4) is 0 Å². The molecule has 2 heterocycles. The molecule has 25 heavy (non-hydrogen) atoms. The van der Waals surface area contributed by atoms with E-state index in [0.717, 1.165) is 4.88 Å². The number of hydrogen-bond acceptors (Lipinski definition) is 6. The number of thiophene rings is 1. The molecule has 2 aromatic heterocycles. The summed E-state index contributed by atoms with van der Waals surface area (Å²) in [4.78, 5) is 13.3. The summed E-state index contributed by atoms with van der Waals surface area (Å²) < 4.78 is 10.4. The Hall–Kier alpha value is -3.13. The van der Waals surface area contributed by atoms with Crippen LogP contribution in [0.2, 0.25) is 0 Å². The van der Waals surface area contributed by atoms with E-state index in [4.69, 9.17) is 9.47 Å². The minimum Gasteiger partial charge on any atom is -0.497 e. The number of H-pyrrole nitrogens is 1. The molecular weight excluding hydrogens is 340 g/mol. The van der Waals surface area contributed by atoms with Crippen molar-refractivity contribution in [3.63, 3.8) is 0 Å². The lowest BCUT2D eigenvalue weighted by molar-refractivity contribution is 0.0956. The molecule has 0 unspecified atom stereocenters. The first-order valence-electron chi connectivity index (χ1n) is 7.35. The summed E-state index contributed by atoms with van der Waals surface area (Å²) >= 11 is 1.52. The van der Waals surface area contributed by atoms with Crippen LogP contribution >= 0.6 is 11.3 Å². The summed E-state index contributed by atoms with van der Waals surface area (Å²) in [5.41, 5.74) is 4.32. The lowest BCUT2D eigenvalue weighted by Gasteiger charge is -2.06. The fraction of sp³-hybridized carbons (Fsp3) is 0.118. The van der Waals surface area contributed by atoms with E-state index >= 15 is 0 Å². The van der Waals surface area contributed by atoms with Gasteiger partial charge in [0, 0.05) is 11.6 Å². The maximum atomic E-state index is 12.3. The van der Waals surface area contributed by atoms with Gasteiger partial charge in [0.05, 0.1) is 42.8 Å². The number of ether oxygens (including phenoxy) is 2. The quantitative estimate of drug-likeness (QED) is 0.525. The normalized spacial score (nSPS) is 10.8. The second kappa shape index (κ2) is 7.63. The Balaban J connectivity index is 1.73. The Bertz CT molecular complexity index is 887. The fourth-order valence-electron chi connectivity index (χ4n) is 2.21. The van der Waals surface area contributed by atoms with Crippen molar-refractivity contribution in [2.75, 3.05) is 14.2 Å². The smallest absolute Gasteiger partial charge is 0.275 e. The number of hydrogen-bond donors (Lipinski definition) is 2. The van der Waals surface area contributed by atoms with Gasteiger partial charge in [0.1, 0.15) is 11.5 Å². The molecule has 1 aromatic carbocycles. The van der Waals surface area contributed by atoms with Gasteiger partial charge in [-0.15, -0.1) is 11.3 Å². The van der Waals surface area contributed by atoms with Crippen molar-refractivity contribution in [3.05, 3.63) is 53.0 Å². The maximum absolute atomic E-state index is 12.3.